The lowest BCUT2D eigenvalue weighted by atomic mass is 10.0. The second-order valence-corrected chi connectivity index (χ2v) is 5.47. The van der Waals surface area contributed by atoms with E-state index in [9.17, 15) is 0 Å². The Morgan fingerprint density at radius 2 is 1.67 bits per heavy atom. The number of halogens is 1. The lowest BCUT2D eigenvalue weighted by Crippen LogP contribution is -1.96. The highest BCUT2D eigenvalue weighted by atomic mass is 79.9. The molecule has 0 heterocycles. The highest BCUT2D eigenvalue weighted by Crippen LogP contribution is 2.25. The second kappa shape index (κ2) is 6.05. The van der Waals surface area contributed by atoms with Gasteiger partial charge in [0.05, 0.1) is 4.47 Å². The minimum absolute atomic E-state index is 0.572. The maximum absolute atomic E-state index is 5.78. The number of para-hydroxylation sites is 1. The summed E-state index contributed by atoms with van der Waals surface area (Å²) in [7, 11) is 0. The monoisotopic (exact) mass is 304 g/mol. The molecule has 0 aliphatic carbocycles. The van der Waals surface area contributed by atoms with Crippen molar-refractivity contribution in [1.82, 2.24) is 0 Å². The Hall–Kier alpha value is -1.28. The van der Waals surface area contributed by atoms with Gasteiger partial charge in [0.15, 0.2) is 0 Å². The zero-order valence-corrected chi connectivity index (χ0v) is 12.3. The SMILES string of the molecule is CC(C)c1ccc(COc2ccccc2Br)cc1. The van der Waals surface area contributed by atoms with Crippen LogP contribution in [0.3, 0.4) is 0 Å². The Balaban J connectivity index is 2.00. The third kappa shape index (κ3) is 3.36. The summed E-state index contributed by atoms with van der Waals surface area (Å²) in [5.41, 5.74) is 2.55. The fraction of sp³-hybridized carbons (Fsp3) is 0.250. The minimum atomic E-state index is 0.572. The summed E-state index contributed by atoms with van der Waals surface area (Å²) in [6.45, 7) is 5.00. The van der Waals surface area contributed by atoms with E-state index in [4.69, 9.17) is 4.74 Å². The molecule has 0 saturated carbocycles. The van der Waals surface area contributed by atoms with Crippen molar-refractivity contribution in [3.8, 4) is 5.75 Å². The molecule has 0 bridgehead atoms. The molecule has 2 rings (SSSR count). The van der Waals surface area contributed by atoms with Gasteiger partial charge in [0.2, 0.25) is 0 Å². The van der Waals surface area contributed by atoms with Gasteiger partial charge < -0.3 is 4.74 Å². The van der Waals surface area contributed by atoms with Gasteiger partial charge in [0, 0.05) is 0 Å². The number of benzene rings is 2. The maximum atomic E-state index is 5.78. The average molecular weight is 305 g/mol. The van der Waals surface area contributed by atoms with Crippen LogP contribution in [0.15, 0.2) is 53.0 Å². The van der Waals surface area contributed by atoms with Crippen LogP contribution in [0.2, 0.25) is 0 Å². The first-order valence-corrected chi connectivity index (χ1v) is 6.92. The van der Waals surface area contributed by atoms with Crippen LogP contribution in [0.4, 0.5) is 0 Å². The van der Waals surface area contributed by atoms with E-state index in [-0.39, 0.29) is 0 Å². The van der Waals surface area contributed by atoms with Crippen molar-refractivity contribution in [2.24, 2.45) is 0 Å². The summed E-state index contributed by atoms with van der Waals surface area (Å²) < 4.78 is 6.77. The molecule has 0 amide bonds. The molecule has 94 valence electrons. The van der Waals surface area contributed by atoms with Gasteiger partial charge in [0.1, 0.15) is 12.4 Å². The fourth-order valence-electron chi connectivity index (χ4n) is 1.72. The van der Waals surface area contributed by atoms with Crippen LogP contribution < -0.4 is 4.74 Å². The summed E-state index contributed by atoms with van der Waals surface area (Å²) in [6.07, 6.45) is 0. The fourth-order valence-corrected chi connectivity index (χ4v) is 2.12. The smallest absolute Gasteiger partial charge is 0.133 e. The van der Waals surface area contributed by atoms with E-state index in [0.717, 1.165) is 10.2 Å². The minimum Gasteiger partial charge on any atom is -0.488 e. The molecular formula is C16H17BrO. The van der Waals surface area contributed by atoms with E-state index in [1.807, 2.05) is 24.3 Å². The molecule has 2 heteroatoms. The highest BCUT2D eigenvalue weighted by Gasteiger charge is 2.01. The van der Waals surface area contributed by atoms with Gasteiger partial charge in [-0.2, -0.15) is 0 Å². The van der Waals surface area contributed by atoms with Crippen molar-refractivity contribution in [1.29, 1.82) is 0 Å². The highest BCUT2D eigenvalue weighted by molar-refractivity contribution is 9.10. The molecule has 18 heavy (non-hydrogen) atoms. The Morgan fingerprint density at radius 1 is 1.00 bits per heavy atom. The third-order valence-corrected chi connectivity index (χ3v) is 3.53. The van der Waals surface area contributed by atoms with E-state index in [2.05, 4.69) is 54.0 Å². The van der Waals surface area contributed by atoms with Crippen molar-refractivity contribution < 1.29 is 4.74 Å². The standard InChI is InChI=1S/C16H17BrO/c1-12(2)14-9-7-13(8-10-14)11-18-16-6-4-3-5-15(16)17/h3-10,12H,11H2,1-2H3. The van der Waals surface area contributed by atoms with Crippen molar-refractivity contribution in [3.63, 3.8) is 0 Å². The zero-order valence-electron chi connectivity index (χ0n) is 10.7. The average Bonchev–Trinajstić information content (AvgIpc) is 2.38. The molecule has 0 aliphatic rings. The molecule has 0 atom stereocenters. The summed E-state index contributed by atoms with van der Waals surface area (Å²) in [4.78, 5) is 0. The second-order valence-electron chi connectivity index (χ2n) is 4.62. The van der Waals surface area contributed by atoms with Gasteiger partial charge in [-0.15, -0.1) is 0 Å². The first kappa shape index (κ1) is 13.2. The van der Waals surface area contributed by atoms with Crippen molar-refractivity contribution >= 4 is 15.9 Å². The third-order valence-electron chi connectivity index (χ3n) is 2.88. The summed E-state index contributed by atoms with van der Waals surface area (Å²) in [5, 5.41) is 0. The van der Waals surface area contributed by atoms with E-state index >= 15 is 0 Å². The Bertz CT molecular complexity index is 503. The first-order chi connectivity index (χ1) is 8.66. The van der Waals surface area contributed by atoms with Gasteiger partial charge in [-0.05, 0) is 45.1 Å². The first-order valence-electron chi connectivity index (χ1n) is 6.13. The quantitative estimate of drug-likeness (QED) is 0.759. The number of rotatable bonds is 4. The molecule has 2 aromatic rings. The van der Waals surface area contributed by atoms with Gasteiger partial charge in [0.25, 0.3) is 0 Å². The van der Waals surface area contributed by atoms with Gasteiger partial charge >= 0.3 is 0 Å². The van der Waals surface area contributed by atoms with Crippen LogP contribution in [-0.2, 0) is 6.61 Å². The molecule has 0 spiro atoms. The maximum Gasteiger partial charge on any atom is 0.133 e. The van der Waals surface area contributed by atoms with Crippen molar-refractivity contribution in [3.05, 3.63) is 64.1 Å². The normalized spacial score (nSPS) is 10.7. The molecule has 1 nitrogen and oxygen atoms in total. The van der Waals surface area contributed by atoms with Crippen LogP contribution in [0, 0.1) is 0 Å². The predicted molar refractivity (Wildman–Crippen MR) is 79.0 cm³/mol. The van der Waals surface area contributed by atoms with E-state index in [0.29, 0.717) is 12.5 Å². The van der Waals surface area contributed by atoms with E-state index in [1.54, 1.807) is 0 Å². The van der Waals surface area contributed by atoms with E-state index < -0.39 is 0 Å². The zero-order chi connectivity index (χ0) is 13.0. The predicted octanol–water partition coefficient (Wildman–Crippen LogP) is 5.15. The van der Waals surface area contributed by atoms with E-state index in [1.165, 1.54) is 11.1 Å². The number of hydrogen-bond acceptors (Lipinski definition) is 1. The van der Waals surface area contributed by atoms with Crippen molar-refractivity contribution in [2.75, 3.05) is 0 Å². The molecule has 0 fully saturated rings. The van der Waals surface area contributed by atoms with Crippen LogP contribution in [-0.4, -0.2) is 0 Å². The Morgan fingerprint density at radius 3 is 2.28 bits per heavy atom. The summed E-state index contributed by atoms with van der Waals surface area (Å²) in [5.74, 6) is 1.45. The Labute approximate surface area is 117 Å². The van der Waals surface area contributed by atoms with Crippen molar-refractivity contribution in [2.45, 2.75) is 26.4 Å². The van der Waals surface area contributed by atoms with Gasteiger partial charge in [-0.3, -0.25) is 0 Å². The van der Waals surface area contributed by atoms with Crippen LogP contribution in [0.5, 0.6) is 5.75 Å². The van der Waals surface area contributed by atoms with Gasteiger partial charge in [-0.1, -0.05) is 50.2 Å². The number of hydrogen-bond donors (Lipinski definition) is 0. The van der Waals surface area contributed by atoms with Crippen LogP contribution in [0.1, 0.15) is 30.9 Å². The molecule has 0 N–H and O–H groups in total. The molecule has 2 aromatic carbocycles. The topological polar surface area (TPSA) is 9.23 Å². The largest absolute Gasteiger partial charge is 0.488 e. The number of ether oxygens (including phenoxy) is 1. The Kier molecular flexibility index (Phi) is 4.43. The summed E-state index contributed by atoms with van der Waals surface area (Å²) >= 11 is 3.48. The molecular weight excluding hydrogens is 288 g/mol. The molecule has 0 unspecified atom stereocenters. The lowest BCUT2D eigenvalue weighted by molar-refractivity contribution is 0.304. The molecule has 0 aliphatic heterocycles. The lowest BCUT2D eigenvalue weighted by Gasteiger charge is -2.09. The molecule has 0 aromatic heterocycles. The molecule has 0 radical (unpaired) electrons. The molecule has 0 saturated heterocycles. The van der Waals surface area contributed by atoms with Gasteiger partial charge in [-0.25, -0.2) is 0 Å². The van der Waals surface area contributed by atoms with Crippen LogP contribution >= 0.6 is 15.9 Å². The summed E-state index contributed by atoms with van der Waals surface area (Å²) in [6, 6.07) is 16.5. The van der Waals surface area contributed by atoms with Crippen LogP contribution in [0.25, 0.3) is 0 Å².